The van der Waals surface area contributed by atoms with E-state index in [2.05, 4.69) is 86.0 Å². The maximum atomic E-state index is 11.8. The van der Waals surface area contributed by atoms with Crippen LogP contribution < -0.4 is 0 Å². The van der Waals surface area contributed by atoms with E-state index in [1.807, 2.05) is 0 Å². The van der Waals surface area contributed by atoms with Gasteiger partial charge in [-0.05, 0) is 77.7 Å². The molecule has 2 unspecified atom stereocenters. The number of carbonyl (C=O) groups excluding carboxylic acids is 1. The van der Waals surface area contributed by atoms with Gasteiger partial charge in [0.05, 0.1) is 0 Å². The van der Waals surface area contributed by atoms with Crippen LogP contribution in [0.1, 0.15) is 84.7 Å². The lowest BCUT2D eigenvalue weighted by Crippen LogP contribution is -2.55. The third kappa shape index (κ3) is 4.78. The molecule has 0 aromatic carbocycles. The fraction of sp³-hybridized carbons (Fsp3) is 0.840. The van der Waals surface area contributed by atoms with Crippen molar-refractivity contribution < 1.29 is 9.22 Å². The number of fused-ring (bicyclic) bond motifs is 2. The highest BCUT2D eigenvalue weighted by Crippen LogP contribution is 2.54. The van der Waals surface area contributed by atoms with Gasteiger partial charge in [0.25, 0.3) is 0 Å². The van der Waals surface area contributed by atoms with E-state index >= 15 is 0 Å². The summed E-state index contributed by atoms with van der Waals surface area (Å²) in [5.74, 6) is 3.53. The molecule has 5 nitrogen and oxygen atoms in total. The number of rotatable bonds is 6. The molecule has 2 bridgehead atoms. The molecular weight excluding hydrogens is 529 g/mol. The first-order chi connectivity index (χ1) is 14.9. The Labute approximate surface area is 209 Å². The van der Waals surface area contributed by atoms with E-state index in [0.717, 1.165) is 47.3 Å². The van der Waals surface area contributed by atoms with Crippen LogP contribution in [0.4, 0.5) is 0 Å². The maximum absolute atomic E-state index is 11.8. The lowest BCUT2D eigenvalue weighted by molar-refractivity contribution is -0.123. The second kappa shape index (κ2) is 9.08. The zero-order chi connectivity index (χ0) is 23.4. The van der Waals surface area contributed by atoms with Crippen LogP contribution in [-0.2, 0) is 9.22 Å². The Bertz CT molecular complexity index is 831. The van der Waals surface area contributed by atoms with Crippen LogP contribution in [0.25, 0.3) is 0 Å². The fourth-order valence-corrected chi connectivity index (χ4v) is 7.61. The van der Waals surface area contributed by atoms with Crippen LogP contribution >= 0.6 is 22.6 Å². The van der Waals surface area contributed by atoms with Gasteiger partial charge in [0.1, 0.15) is 21.4 Å². The number of hydrogen-bond donors (Lipinski definition) is 0. The Morgan fingerprint density at radius 1 is 1.09 bits per heavy atom. The van der Waals surface area contributed by atoms with Gasteiger partial charge in [-0.3, -0.25) is 9.69 Å². The standard InChI is InChI=1S/C25H42IN3O2Si/c1-16(2)23(31-32(6,7)25(3,4)5)24-27-22(26)15-29(24)21-14-20(17-12-18(21)13-17)28-10-8-19(30)9-11-28/h15-18,20-21,23H,8-14H2,1-7H3/t17?,18?,20-,21?,23?/m0/s1. The van der Waals surface area contributed by atoms with Crippen LogP contribution in [0.3, 0.4) is 0 Å². The van der Waals surface area contributed by atoms with Gasteiger partial charge in [0.15, 0.2) is 8.32 Å². The minimum atomic E-state index is -1.93. The molecule has 0 radical (unpaired) electrons. The van der Waals surface area contributed by atoms with Gasteiger partial charge in [-0.2, -0.15) is 0 Å². The van der Waals surface area contributed by atoms with Crippen molar-refractivity contribution in [1.29, 1.82) is 0 Å². The first-order valence-electron chi connectivity index (χ1n) is 12.5. The van der Waals surface area contributed by atoms with Gasteiger partial charge in [-0.15, -0.1) is 0 Å². The maximum Gasteiger partial charge on any atom is 0.193 e. The number of likely N-dealkylation sites (tertiary alicyclic amines) is 1. The van der Waals surface area contributed by atoms with E-state index < -0.39 is 8.32 Å². The number of imidazole rings is 1. The highest BCUT2D eigenvalue weighted by molar-refractivity contribution is 14.1. The number of aromatic nitrogens is 2. The van der Waals surface area contributed by atoms with E-state index in [-0.39, 0.29) is 11.1 Å². The largest absolute Gasteiger partial charge is 0.406 e. The number of halogens is 1. The molecule has 1 aliphatic heterocycles. The molecule has 0 N–H and O–H groups in total. The van der Waals surface area contributed by atoms with E-state index in [9.17, 15) is 4.79 Å². The molecule has 0 amide bonds. The normalized spacial score (nSPS) is 30.5. The lowest BCUT2D eigenvalue weighted by atomic mass is 9.59. The van der Waals surface area contributed by atoms with E-state index in [0.29, 0.717) is 23.8 Å². The van der Waals surface area contributed by atoms with Gasteiger partial charge in [-0.25, -0.2) is 4.98 Å². The fourth-order valence-electron chi connectivity index (χ4n) is 5.70. The van der Waals surface area contributed by atoms with Gasteiger partial charge in [0.2, 0.25) is 0 Å². The number of nitrogens with zero attached hydrogens (tertiary/aromatic N) is 3. The summed E-state index contributed by atoms with van der Waals surface area (Å²) in [4.78, 5) is 19.5. The number of carbonyl (C=O) groups is 1. The van der Waals surface area contributed by atoms with E-state index in [1.165, 1.54) is 19.3 Å². The average Bonchev–Trinajstić information content (AvgIpc) is 3.05. The smallest absolute Gasteiger partial charge is 0.193 e. The second-order valence-electron chi connectivity index (χ2n) is 12.3. The van der Waals surface area contributed by atoms with Crippen molar-refractivity contribution in [1.82, 2.24) is 14.5 Å². The Hall–Kier alpha value is -0.253. The molecule has 32 heavy (non-hydrogen) atoms. The van der Waals surface area contributed by atoms with Crippen molar-refractivity contribution >= 4 is 36.7 Å². The summed E-state index contributed by atoms with van der Waals surface area (Å²) in [6.45, 7) is 18.1. The number of Topliss-reactive ketones (excluding diaryl/α,β-unsaturated/α-hetero) is 1. The molecule has 4 fully saturated rings. The Kier molecular flexibility index (Phi) is 7.05. The minimum absolute atomic E-state index is 0.0308. The third-order valence-corrected chi connectivity index (χ3v) is 13.8. The van der Waals surface area contributed by atoms with E-state index in [4.69, 9.17) is 9.41 Å². The van der Waals surface area contributed by atoms with Gasteiger partial charge < -0.3 is 8.99 Å². The highest BCUT2D eigenvalue weighted by atomic mass is 127. The van der Waals surface area contributed by atoms with E-state index in [1.54, 1.807) is 0 Å². The predicted molar refractivity (Wildman–Crippen MR) is 140 cm³/mol. The first kappa shape index (κ1) is 24.9. The third-order valence-electron chi connectivity index (χ3n) is 8.78. The topological polar surface area (TPSA) is 47.4 Å². The van der Waals surface area contributed by atoms with Crippen molar-refractivity contribution in [2.45, 2.75) is 103 Å². The number of hydrogen-bond acceptors (Lipinski definition) is 4. The molecule has 7 heteroatoms. The molecule has 1 saturated heterocycles. The van der Waals surface area contributed by atoms with Crippen molar-refractivity contribution in [2.24, 2.45) is 17.8 Å². The molecule has 1 aromatic rings. The van der Waals surface area contributed by atoms with Gasteiger partial charge in [-0.1, -0.05) is 34.6 Å². The van der Waals surface area contributed by atoms with Crippen LogP contribution in [0.5, 0.6) is 0 Å². The zero-order valence-electron chi connectivity index (χ0n) is 21.0. The molecule has 3 atom stereocenters. The van der Waals surface area contributed by atoms with Gasteiger partial charge in [0, 0.05) is 44.2 Å². The van der Waals surface area contributed by atoms with Crippen molar-refractivity contribution in [3.8, 4) is 0 Å². The summed E-state index contributed by atoms with van der Waals surface area (Å²) in [6.07, 6.45) is 7.62. The molecular formula is C25H42IN3O2Si. The summed E-state index contributed by atoms with van der Waals surface area (Å²) < 4.78 is 10.6. The predicted octanol–water partition coefficient (Wildman–Crippen LogP) is 6.21. The molecule has 0 spiro atoms. The monoisotopic (exact) mass is 571 g/mol. The summed E-state index contributed by atoms with van der Waals surface area (Å²) >= 11 is 2.38. The number of piperidine rings is 1. The molecule has 5 rings (SSSR count). The summed E-state index contributed by atoms with van der Waals surface area (Å²) in [7, 11) is -1.93. The Morgan fingerprint density at radius 3 is 2.25 bits per heavy atom. The first-order valence-corrected chi connectivity index (χ1v) is 16.5. The molecule has 2 heterocycles. The lowest BCUT2D eigenvalue weighted by Gasteiger charge is -2.55. The summed E-state index contributed by atoms with van der Waals surface area (Å²) in [5.41, 5.74) is 0. The minimum Gasteiger partial charge on any atom is -0.406 e. The number of ketones is 1. The molecule has 3 aliphatic carbocycles. The van der Waals surface area contributed by atoms with Crippen LogP contribution in [0, 0.1) is 21.5 Å². The Balaban J connectivity index is 1.60. The molecule has 3 saturated carbocycles. The van der Waals surface area contributed by atoms with Crippen LogP contribution in [0.2, 0.25) is 18.1 Å². The SMILES string of the molecule is CC(C)C(O[Si](C)(C)C(C)(C)C)c1nc(I)cn1C1C[C@H](N2CCC(=O)CC2)C2CC1C2. The molecule has 180 valence electrons. The van der Waals surface area contributed by atoms with Crippen molar-refractivity contribution in [2.75, 3.05) is 13.1 Å². The Morgan fingerprint density at radius 2 is 1.69 bits per heavy atom. The van der Waals surface area contributed by atoms with Crippen LogP contribution in [-0.4, -0.2) is 47.7 Å². The second-order valence-corrected chi connectivity index (χ2v) is 18.2. The summed E-state index contributed by atoms with van der Waals surface area (Å²) in [6, 6.07) is 1.11. The molecule has 4 aliphatic rings. The van der Waals surface area contributed by atoms with Crippen molar-refractivity contribution in [3.05, 3.63) is 15.7 Å². The highest BCUT2D eigenvalue weighted by Gasteiger charge is 2.50. The van der Waals surface area contributed by atoms with Crippen LogP contribution in [0.15, 0.2) is 6.20 Å². The quantitative estimate of drug-likeness (QED) is 0.301. The summed E-state index contributed by atoms with van der Waals surface area (Å²) in [5, 5.41) is 0.174. The molecule has 1 aromatic heterocycles. The van der Waals surface area contributed by atoms with Gasteiger partial charge >= 0.3 is 0 Å². The zero-order valence-corrected chi connectivity index (χ0v) is 24.2. The van der Waals surface area contributed by atoms with Crippen molar-refractivity contribution in [3.63, 3.8) is 0 Å². The average molecular weight is 572 g/mol.